The summed E-state index contributed by atoms with van der Waals surface area (Å²) < 4.78 is 38.9. The molecule has 1 aromatic carbocycles. The van der Waals surface area contributed by atoms with Crippen LogP contribution >= 0.6 is 12.2 Å². The van der Waals surface area contributed by atoms with Crippen molar-refractivity contribution >= 4 is 33.3 Å². The molecule has 3 rings (SSSR count). The highest BCUT2D eigenvalue weighted by Gasteiger charge is 2.21. The number of fused-ring (bicyclic) bond motifs is 1. The quantitative estimate of drug-likeness (QED) is 0.765. The van der Waals surface area contributed by atoms with Crippen LogP contribution in [0.1, 0.15) is 6.92 Å². The van der Waals surface area contributed by atoms with Gasteiger partial charge in [0.15, 0.2) is 5.58 Å². The second-order valence-electron chi connectivity index (χ2n) is 6.11. The van der Waals surface area contributed by atoms with E-state index in [-0.39, 0.29) is 11.0 Å². The van der Waals surface area contributed by atoms with E-state index in [4.69, 9.17) is 21.4 Å². The second kappa shape index (κ2) is 6.57. The maximum atomic E-state index is 12.4. The third-order valence-electron chi connectivity index (χ3n) is 4.08. The van der Waals surface area contributed by atoms with Crippen LogP contribution in [0.4, 0.5) is 0 Å². The predicted molar refractivity (Wildman–Crippen MR) is 92.9 cm³/mol. The van der Waals surface area contributed by atoms with E-state index in [1.807, 2.05) is 11.5 Å². The predicted octanol–water partition coefficient (Wildman–Crippen LogP) is 1.89. The summed E-state index contributed by atoms with van der Waals surface area (Å²) in [5, 5.41) is 0. The fourth-order valence-corrected chi connectivity index (χ4v) is 3.93. The number of benzene rings is 1. The maximum absolute atomic E-state index is 12.4. The van der Waals surface area contributed by atoms with Gasteiger partial charge in [-0.2, -0.15) is 0 Å². The molecular formula is C15H21N3O4S2. The number of oxazole rings is 1. The van der Waals surface area contributed by atoms with Crippen LogP contribution in [0.15, 0.2) is 27.5 Å². The first kappa shape index (κ1) is 17.6. The molecule has 0 spiro atoms. The van der Waals surface area contributed by atoms with Gasteiger partial charge in [-0.1, -0.05) is 0 Å². The number of rotatable bonds is 4. The first-order chi connectivity index (χ1) is 11.3. The standard InChI is InChI=1S/C15H21N3O4S2/c1-11-9-17(6-7-21-11)10-18-13-8-12(24(19,20)16(2)3)4-5-14(13)22-15(18)23/h4-5,8,11H,6-7,9-10H2,1-3H3. The second-order valence-corrected chi connectivity index (χ2v) is 8.61. The van der Waals surface area contributed by atoms with Crippen LogP contribution in [0.3, 0.4) is 0 Å². The van der Waals surface area contributed by atoms with E-state index in [0.717, 1.165) is 13.1 Å². The number of hydrogen-bond donors (Lipinski definition) is 0. The summed E-state index contributed by atoms with van der Waals surface area (Å²) in [6.45, 7) is 4.84. The van der Waals surface area contributed by atoms with Gasteiger partial charge in [0.25, 0.3) is 4.84 Å². The molecule has 1 unspecified atom stereocenters. The number of morpholine rings is 1. The normalized spacial score (nSPS) is 20.1. The molecule has 1 aromatic heterocycles. The number of sulfonamides is 1. The molecule has 9 heteroatoms. The summed E-state index contributed by atoms with van der Waals surface area (Å²) >= 11 is 5.32. The van der Waals surface area contributed by atoms with Crippen molar-refractivity contribution in [3.05, 3.63) is 23.0 Å². The molecule has 1 atom stereocenters. The van der Waals surface area contributed by atoms with Crippen molar-refractivity contribution in [1.29, 1.82) is 0 Å². The van der Waals surface area contributed by atoms with Crippen LogP contribution in [0.2, 0.25) is 0 Å². The fraction of sp³-hybridized carbons (Fsp3) is 0.533. The monoisotopic (exact) mass is 371 g/mol. The van der Waals surface area contributed by atoms with Crippen LogP contribution in [0, 0.1) is 4.84 Å². The van der Waals surface area contributed by atoms with Crippen LogP contribution in [-0.4, -0.2) is 62.1 Å². The van der Waals surface area contributed by atoms with Crippen molar-refractivity contribution in [2.45, 2.75) is 24.6 Å². The molecule has 132 valence electrons. The lowest BCUT2D eigenvalue weighted by Gasteiger charge is -2.31. The molecule has 1 fully saturated rings. The van der Waals surface area contributed by atoms with E-state index >= 15 is 0 Å². The largest absolute Gasteiger partial charge is 0.429 e. The van der Waals surface area contributed by atoms with Gasteiger partial charge in [-0.15, -0.1) is 0 Å². The third kappa shape index (κ3) is 3.27. The van der Waals surface area contributed by atoms with Crippen molar-refractivity contribution in [1.82, 2.24) is 13.8 Å². The fourth-order valence-electron chi connectivity index (χ4n) is 2.77. The van der Waals surface area contributed by atoms with Gasteiger partial charge in [0.1, 0.15) is 0 Å². The third-order valence-corrected chi connectivity index (χ3v) is 6.20. The maximum Gasteiger partial charge on any atom is 0.270 e. The van der Waals surface area contributed by atoms with Crippen molar-refractivity contribution in [3.63, 3.8) is 0 Å². The van der Waals surface area contributed by atoms with Gasteiger partial charge in [-0.05, 0) is 37.3 Å². The molecule has 24 heavy (non-hydrogen) atoms. The molecule has 0 aliphatic carbocycles. The smallest absolute Gasteiger partial charge is 0.270 e. The average Bonchev–Trinajstić information content (AvgIpc) is 2.82. The molecule has 1 aliphatic rings. The average molecular weight is 371 g/mol. The molecule has 1 saturated heterocycles. The van der Waals surface area contributed by atoms with E-state index in [1.165, 1.54) is 24.5 Å². The topological polar surface area (TPSA) is 67.9 Å². The van der Waals surface area contributed by atoms with Crippen molar-refractivity contribution in [2.75, 3.05) is 33.8 Å². The summed E-state index contributed by atoms with van der Waals surface area (Å²) in [5.41, 5.74) is 1.26. The van der Waals surface area contributed by atoms with Crippen molar-refractivity contribution in [2.24, 2.45) is 0 Å². The van der Waals surface area contributed by atoms with Crippen LogP contribution in [0.25, 0.3) is 11.1 Å². The van der Waals surface area contributed by atoms with Gasteiger partial charge in [0.05, 0.1) is 29.8 Å². The Balaban J connectivity index is 2.01. The zero-order valence-electron chi connectivity index (χ0n) is 13.9. The number of nitrogens with zero attached hydrogens (tertiary/aromatic N) is 3. The Kier molecular flexibility index (Phi) is 4.80. The van der Waals surface area contributed by atoms with E-state index in [1.54, 1.807) is 12.1 Å². The van der Waals surface area contributed by atoms with Crippen molar-refractivity contribution in [3.8, 4) is 0 Å². The molecule has 1 aliphatic heterocycles. The Bertz CT molecular complexity index is 901. The first-order valence-corrected chi connectivity index (χ1v) is 9.54. The SMILES string of the molecule is CC1CN(Cn2c(=S)oc3ccc(S(=O)(=O)N(C)C)cc32)CCO1. The zero-order valence-corrected chi connectivity index (χ0v) is 15.6. The first-order valence-electron chi connectivity index (χ1n) is 7.69. The lowest BCUT2D eigenvalue weighted by atomic mass is 10.3. The molecule has 2 aromatic rings. The highest BCUT2D eigenvalue weighted by Crippen LogP contribution is 2.23. The van der Waals surface area contributed by atoms with Gasteiger partial charge in [0.2, 0.25) is 10.0 Å². The lowest BCUT2D eigenvalue weighted by Crippen LogP contribution is -2.41. The van der Waals surface area contributed by atoms with E-state index in [9.17, 15) is 8.42 Å². The molecule has 7 nitrogen and oxygen atoms in total. The molecule has 0 N–H and O–H groups in total. The summed E-state index contributed by atoms with van der Waals surface area (Å²) in [5.74, 6) is 0. The summed E-state index contributed by atoms with van der Waals surface area (Å²) in [4.78, 5) is 2.77. The lowest BCUT2D eigenvalue weighted by molar-refractivity contribution is -0.0290. The van der Waals surface area contributed by atoms with E-state index in [0.29, 0.717) is 29.2 Å². The number of aromatic nitrogens is 1. The molecular weight excluding hydrogens is 350 g/mol. The Hall–Kier alpha value is -1.26. The van der Waals surface area contributed by atoms with Crippen LogP contribution < -0.4 is 0 Å². The van der Waals surface area contributed by atoms with Gasteiger partial charge >= 0.3 is 0 Å². The van der Waals surface area contributed by atoms with Gasteiger partial charge in [0, 0.05) is 27.2 Å². The number of hydrogen-bond acceptors (Lipinski definition) is 6. The Morgan fingerprint density at radius 1 is 1.38 bits per heavy atom. The number of ether oxygens (including phenoxy) is 1. The molecule has 0 saturated carbocycles. The minimum atomic E-state index is -3.51. The highest BCUT2D eigenvalue weighted by atomic mass is 32.2. The highest BCUT2D eigenvalue weighted by molar-refractivity contribution is 7.89. The van der Waals surface area contributed by atoms with E-state index in [2.05, 4.69) is 4.90 Å². The summed E-state index contributed by atoms with van der Waals surface area (Å²) in [6.07, 6.45) is 0.163. The Labute approximate surface area is 146 Å². The molecule has 0 amide bonds. The molecule has 0 radical (unpaired) electrons. The van der Waals surface area contributed by atoms with E-state index < -0.39 is 10.0 Å². The van der Waals surface area contributed by atoms with Crippen molar-refractivity contribution < 1.29 is 17.6 Å². The summed E-state index contributed by atoms with van der Waals surface area (Å²) in [6, 6.07) is 4.81. The Morgan fingerprint density at radius 2 is 2.12 bits per heavy atom. The minimum Gasteiger partial charge on any atom is -0.429 e. The minimum absolute atomic E-state index is 0.163. The van der Waals surface area contributed by atoms with Crippen LogP contribution in [0.5, 0.6) is 0 Å². The van der Waals surface area contributed by atoms with Gasteiger partial charge in [-0.25, -0.2) is 12.7 Å². The van der Waals surface area contributed by atoms with Gasteiger partial charge < -0.3 is 9.15 Å². The van der Waals surface area contributed by atoms with Gasteiger partial charge in [-0.3, -0.25) is 9.47 Å². The molecule has 2 heterocycles. The van der Waals surface area contributed by atoms with Crippen LogP contribution in [-0.2, 0) is 21.4 Å². The summed E-state index contributed by atoms with van der Waals surface area (Å²) in [7, 11) is -0.486. The zero-order chi connectivity index (χ0) is 17.5. The Morgan fingerprint density at radius 3 is 2.79 bits per heavy atom. The molecule has 0 bridgehead atoms.